The van der Waals surface area contributed by atoms with Gasteiger partial charge in [0.15, 0.2) is 17.5 Å². The molecule has 9 heteroatoms. The van der Waals surface area contributed by atoms with Crippen LogP contribution in [0.5, 0.6) is 5.75 Å². The third-order valence-electron chi connectivity index (χ3n) is 4.36. The number of benzene rings is 2. The molecule has 0 spiro atoms. The smallest absolute Gasteiger partial charge is 0.316 e. The highest BCUT2D eigenvalue weighted by Gasteiger charge is 2.16. The highest BCUT2D eigenvalue weighted by molar-refractivity contribution is 5.61. The summed E-state index contributed by atoms with van der Waals surface area (Å²) < 4.78 is 61.2. The first kappa shape index (κ1) is 20.4. The van der Waals surface area contributed by atoms with E-state index in [1.54, 1.807) is 26.0 Å². The second kappa shape index (κ2) is 7.94. The minimum Gasteiger partial charge on any atom is -0.490 e. The number of aromatic nitrogens is 2. The van der Waals surface area contributed by atoms with E-state index in [0.29, 0.717) is 11.1 Å². The summed E-state index contributed by atoms with van der Waals surface area (Å²) in [5.41, 5.74) is 0.394. The first-order valence-corrected chi connectivity index (χ1v) is 8.53. The molecule has 0 saturated heterocycles. The van der Waals surface area contributed by atoms with Gasteiger partial charge in [0, 0.05) is 0 Å². The fourth-order valence-corrected chi connectivity index (χ4v) is 2.77. The van der Waals surface area contributed by atoms with Gasteiger partial charge in [-0.05, 0) is 42.7 Å². The van der Waals surface area contributed by atoms with Gasteiger partial charge in [-0.3, -0.25) is 4.79 Å². The summed E-state index contributed by atoms with van der Waals surface area (Å²) in [5, 5.41) is 2.76. The van der Waals surface area contributed by atoms with Crippen molar-refractivity contribution in [3.63, 3.8) is 0 Å². The molecular formula is C20H17F4N3O2. The molecular weight excluding hydrogens is 390 g/mol. The van der Waals surface area contributed by atoms with E-state index in [9.17, 15) is 22.4 Å². The summed E-state index contributed by atoms with van der Waals surface area (Å²) in [6, 6.07) is 4.95. The van der Waals surface area contributed by atoms with Crippen molar-refractivity contribution >= 4 is 11.6 Å². The predicted molar refractivity (Wildman–Crippen MR) is 99.6 cm³/mol. The molecule has 5 nitrogen and oxygen atoms in total. The molecule has 0 saturated carbocycles. The van der Waals surface area contributed by atoms with Crippen molar-refractivity contribution in [2.45, 2.75) is 20.4 Å². The van der Waals surface area contributed by atoms with Gasteiger partial charge in [-0.2, -0.15) is 4.98 Å². The standard InChI is InChI=1S/C20H17F4N3O2/c1-10-4-5-11(2)18(16(10)23)25-20-26-19(28)15(29-3)9-27(20)8-12-6-13(21)17(24)14(22)7-12/h4-7,9H,8H2,1-3H3,(H,25,26,28). The number of aryl methyl sites for hydroxylation is 2. The van der Waals surface area contributed by atoms with Crippen LogP contribution in [0.15, 0.2) is 35.3 Å². The largest absolute Gasteiger partial charge is 0.490 e. The lowest BCUT2D eigenvalue weighted by molar-refractivity contribution is 0.402. The Kier molecular flexibility index (Phi) is 5.58. The zero-order valence-corrected chi connectivity index (χ0v) is 15.8. The van der Waals surface area contributed by atoms with E-state index < -0.39 is 28.8 Å². The molecule has 0 atom stereocenters. The van der Waals surface area contributed by atoms with Crippen LogP contribution in [0.4, 0.5) is 29.2 Å². The van der Waals surface area contributed by atoms with Crippen LogP contribution in [0.1, 0.15) is 16.7 Å². The summed E-state index contributed by atoms with van der Waals surface area (Å²) >= 11 is 0. The maximum atomic E-state index is 14.6. The first-order valence-electron chi connectivity index (χ1n) is 8.53. The zero-order chi connectivity index (χ0) is 21.3. The van der Waals surface area contributed by atoms with Gasteiger partial charge in [0.25, 0.3) is 0 Å². The van der Waals surface area contributed by atoms with E-state index in [1.165, 1.54) is 17.9 Å². The van der Waals surface area contributed by atoms with Crippen LogP contribution in [0.2, 0.25) is 0 Å². The van der Waals surface area contributed by atoms with Gasteiger partial charge in [-0.15, -0.1) is 0 Å². The summed E-state index contributed by atoms with van der Waals surface area (Å²) in [7, 11) is 1.26. The molecule has 1 N–H and O–H groups in total. The average molecular weight is 407 g/mol. The highest BCUT2D eigenvalue weighted by Crippen LogP contribution is 2.26. The van der Waals surface area contributed by atoms with Crippen molar-refractivity contribution in [3.8, 4) is 5.75 Å². The fourth-order valence-electron chi connectivity index (χ4n) is 2.77. The van der Waals surface area contributed by atoms with Gasteiger partial charge < -0.3 is 14.6 Å². The Morgan fingerprint density at radius 2 is 1.66 bits per heavy atom. The van der Waals surface area contributed by atoms with E-state index in [1.807, 2.05) is 0 Å². The Hall–Kier alpha value is -3.36. The molecule has 152 valence electrons. The van der Waals surface area contributed by atoms with E-state index >= 15 is 0 Å². The number of methoxy groups -OCH3 is 1. The number of rotatable bonds is 5. The molecule has 3 rings (SSSR count). The number of hydrogen-bond acceptors (Lipinski definition) is 4. The van der Waals surface area contributed by atoms with E-state index in [4.69, 9.17) is 4.74 Å². The molecule has 0 aliphatic rings. The molecule has 0 unspecified atom stereocenters. The average Bonchev–Trinajstić information content (AvgIpc) is 2.68. The minimum absolute atomic E-state index is 0.0680. The van der Waals surface area contributed by atoms with Crippen molar-refractivity contribution in [1.82, 2.24) is 9.55 Å². The van der Waals surface area contributed by atoms with Gasteiger partial charge in [-0.25, -0.2) is 17.6 Å². The van der Waals surface area contributed by atoms with Crippen molar-refractivity contribution < 1.29 is 22.3 Å². The molecule has 3 aromatic rings. The van der Waals surface area contributed by atoms with E-state index in [-0.39, 0.29) is 29.5 Å². The van der Waals surface area contributed by atoms with Crippen molar-refractivity contribution in [2.75, 3.05) is 12.4 Å². The monoisotopic (exact) mass is 407 g/mol. The molecule has 0 bridgehead atoms. The summed E-state index contributed by atoms with van der Waals surface area (Å²) in [6.07, 6.45) is 1.26. The Labute approximate surface area is 163 Å². The SMILES string of the molecule is COc1cn(Cc2cc(F)c(F)c(F)c2)c(Nc2c(C)ccc(C)c2F)nc1=O. The van der Waals surface area contributed by atoms with Gasteiger partial charge in [0.05, 0.1) is 25.5 Å². The highest BCUT2D eigenvalue weighted by atomic mass is 19.2. The first-order chi connectivity index (χ1) is 13.7. The van der Waals surface area contributed by atoms with Gasteiger partial charge in [0.2, 0.25) is 11.7 Å². The van der Waals surface area contributed by atoms with Crippen molar-refractivity contribution in [3.05, 3.63) is 80.8 Å². The Morgan fingerprint density at radius 1 is 1.03 bits per heavy atom. The van der Waals surface area contributed by atoms with Crippen molar-refractivity contribution in [2.24, 2.45) is 0 Å². The molecule has 0 aliphatic heterocycles. The fraction of sp³-hybridized carbons (Fsp3) is 0.200. The molecule has 0 amide bonds. The Balaban J connectivity index is 2.10. The second-order valence-corrected chi connectivity index (χ2v) is 6.45. The predicted octanol–water partition coefficient (Wildman–Crippen LogP) is 4.22. The molecule has 2 aromatic carbocycles. The minimum atomic E-state index is -1.58. The lowest BCUT2D eigenvalue weighted by atomic mass is 10.1. The maximum Gasteiger partial charge on any atom is 0.316 e. The molecule has 0 aliphatic carbocycles. The van der Waals surface area contributed by atoms with Gasteiger partial charge in [0.1, 0.15) is 5.82 Å². The molecule has 0 fully saturated rings. The number of nitrogens with zero attached hydrogens (tertiary/aromatic N) is 2. The van der Waals surface area contributed by atoms with E-state index in [2.05, 4.69) is 10.3 Å². The normalized spacial score (nSPS) is 10.9. The maximum absolute atomic E-state index is 14.6. The number of nitrogens with one attached hydrogen (secondary N) is 1. The summed E-state index contributed by atoms with van der Waals surface area (Å²) in [6.45, 7) is 3.06. The zero-order valence-electron chi connectivity index (χ0n) is 15.8. The topological polar surface area (TPSA) is 56.1 Å². The summed E-state index contributed by atoms with van der Waals surface area (Å²) in [4.78, 5) is 16.0. The number of halogens is 4. The summed E-state index contributed by atoms with van der Waals surface area (Å²) in [5.74, 6) is -5.01. The van der Waals surface area contributed by atoms with Crippen LogP contribution < -0.4 is 15.6 Å². The molecule has 29 heavy (non-hydrogen) atoms. The second-order valence-electron chi connectivity index (χ2n) is 6.45. The lowest BCUT2D eigenvalue weighted by Gasteiger charge is -2.17. The Bertz CT molecular complexity index is 1120. The van der Waals surface area contributed by atoms with Gasteiger partial charge >= 0.3 is 5.56 Å². The van der Waals surface area contributed by atoms with E-state index in [0.717, 1.165) is 12.1 Å². The third-order valence-corrected chi connectivity index (χ3v) is 4.36. The third kappa shape index (κ3) is 4.08. The van der Waals surface area contributed by atoms with Crippen LogP contribution in [0.3, 0.4) is 0 Å². The van der Waals surface area contributed by atoms with Crippen molar-refractivity contribution in [1.29, 1.82) is 0 Å². The quantitative estimate of drug-likeness (QED) is 0.508. The Morgan fingerprint density at radius 3 is 2.28 bits per heavy atom. The van der Waals surface area contributed by atoms with Crippen LogP contribution in [-0.2, 0) is 6.54 Å². The molecule has 0 radical (unpaired) electrons. The number of anilines is 2. The number of ether oxygens (including phenoxy) is 1. The van der Waals surface area contributed by atoms with Crippen LogP contribution >= 0.6 is 0 Å². The lowest BCUT2D eigenvalue weighted by Crippen LogP contribution is -2.19. The molecule has 1 aromatic heterocycles. The number of hydrogen-bond donors (Lipinski definition) is 1. The van der Waals surface area contributed by atoms with Crippen LogP contribution in [0, 0.1) is 37.1 Å². The molecule has 1 heterocycles. The van der Waals surface area contributed by atoms with Crippen LogP contribution in [-0.4, -0.2) is 16.7 Å². The van der Waals surface area contributed by atoms with Gasteiger partial charge in [-0.1, -0.05) is 12.1 Å². The van der Waals surface area contributed by atoms with Crippen LogP contribution in [0.25, 0.3) is 0 Å².